The van der Waals surface area contributed by atoms with Crippen molar-refractivity contribution >= 4 is 0 Å². The van der Waals surface area contributed by atoms with Crippen LogP contribution in [0.4, 0.5) is 17.6 Å². The van der Waals surface area contributed by atoms with Crippen molar-refractivity contribution in [3.63, 3.8) is 0 Å². The molecular weight excluding hydrogens is 392 g/mol. The van der Waals surface area contributed by atoms with E-state index in [0.29, 0.717) is 17.0 Å². The van der Waals surface area contributed by atoms with Gasteiger partial charge in [-0.05, 0) is 65.3 Å². The normalized spacial score (nSPS) is 19.1. The molecule has 0 saturated carbocycles. The summed E-state index contributed by atoms with van der Waals surface area (Å²) in [6.45, 7) is 2.92. The second-order valence-electron chi connectivity index (χ2n) is 7.74. The van der Waals surface area contributed by atoms with E-state index in [0.717, 1.165) is 49.6 Å². The average Bonchev–Trinajstić information content (AvgIpc) is 2.76. The van der Waals surface area contributed by atoms with Crippen LogP contribution < -0.4 is 0 Å². The van der Waals surface area contributed by atoms with E-state index in [9.17, 15) is 17.6 Å². The van der Waals surface area contributed by atoms with Crippen LogP contribution in [0.5, 0.6) is 0 Å². The maximum Gasteiger partial charge on any atom is 0.159 e. The third kappa shape index (κ3) is 4.12. The Morgan fingerprint density at radius 1 is 0.733 bits per heavy atom. The molecule has 0 aromatic heterocycles. The fourth-order valence-corrected chi connectivity index (χ4v) is 3.95. The van der Waals surface area contributed by atoms with Gasteiger partial charge in [-0.15, -0.1) is 0 Å². The van der Waals surface area contributed by atoms with Crippen molar-refractivity contribution in [1.29, 1.82) is 0 Å². The Kier molecular flexibility index (Phi) is 5.91. The summed E-state index contributed by atoms with van der Waals surface area (Å²) in [4.78, 5) is 0. The molecule has 0 N–H and O–H groups in total. The first-order chi connectivity index (χ1) is 14.5. The van der Waals surface area contributed by atoms with Gasteiger partial charge in [0.05, 0.1) is 18.3 Å². The van der Waals surface area contributed by atoms with E-state index in [1.807, 2.05) is 24.3 Å². The SMILES string of the molecule is CCC1CCC(c2ccc(-c3cc(F)c(-c4ccc(F)c(F)c4)c(F)c3)cc2)OC1. The molecular formula is C25H22F4O. The van der Waals surface area contributed by atoms with Gasteiger partial charge in [0.25, 0.3) is 0 Å². The van der Waals surface area contributed by atoms with Gasteiger partial charge in [-0.2, -0.15) is 0 Å². The van der Waals surface area contributed by atoms with Gasteiger partial charge < -0.3 is 4.74 Å². The molecule has 1 fully saturated rings. The number of hydrogen-bond donors (Lipinski definition) is 0. The standard InChI is InChI=1S/C25H22F4O/c1-2-15-3-10-24(30-14-15)17-6-4-16(5-7-17)19-12-22(28)25(23(29)13-19)18-8-9-20(26)21(27)11-18/h4-9,11-13,15,24H,2-3,10,14H2,1H3. The molecule has 1 aliphatic rings. The topological polar surface area (TPSA) is 9.23 Å². The highest BCUT2D eigenvalue weighted by Crippen LogP contribution is 2.35. The van der Waals surface area contributed by atoms with E-state index in [2.05, 4.69) is 6.92 Å². The van der Waals surface area contributed by atoms with Crippen LogP contribution in [0.2, 0.25) is 0 Å². The molecule has 0 aliphatic carbocycles. The minimum atomic E-state index is -1.15. The summed E-state index contributed by atoms with van der Waals surface area (Å²) in [6, 6.07) is 12.7. The van der Waals surface area contributed by atoms with Crippen LogP contribution in [0.25, 0.3) is 22.3 Å². The molecule has 1 aliphatic heterocycles. The van der Waals surface area contributed by atoms with Crippen LogP contribution in [-0.2, 0) is 4.74 Å². The molecule has 0 radical (unpaired) electrons. The fourth-order valence-electron chi connectivity index (χ4n) is 3.95. The highest BCUT2D eigenvalue weighted by atomic mass is 19.2. The molecule has 4 rings (SSSR count). The number of benzene rings is 3. The minimum absolute atomic E-state index is 0.0473. The summed E-state index contributed by atoms with van der Waals surface area (Å²) in [5.41, 5.74) is 1.66. The Bertz CT molecular complexity index is 1010. The van der Waals surface area contributed by atoms with Gasteiger partial charge in [-0.25, -0.2) is 17.6 Å². The van der Waals surface area contributed by atoms with Gasteiger partial charge in [0, 0.05) is 0 Å². The smallest absolute Gasteiger partial charge is 0.159 e. The predicted molar refractivity (Wildman–Crippen MR) is 109 cm³/mol. The molecule has 0 bridgehead atoms. The van der Waals surface area contributed by atoms with Gasteiger partial charge in [-0.1, -0.05) is 43.7 Å². The zero-order valence-electron chi connectivity index (χ0n) is 16.6. The van der Waals surface area contributed by atoms with Crippen LogP contribution in [-0.4, -0.2) is 6.61 Å². The summed E-state index contributed by atoms with van der Waals surface area (Å²) in [5.74, 6) is -3.27. The lowest BCUT2D eigenvalue weighted by atomic mass is 9.92. The first kappa shape index (κ1) is 20.6. The third-order valence-corrected chi connectivity index (χ3v) is 5.81. The lowest BCUT2D eigenvalue weighted by Crippen LogP contribution is -2.20. The van der Waals surface area contributed by atoms with Gasteiger partial charge in [0.2, 0.25) is 0 Å². The minimum Gasteiger partial charge on any atom is -0.373 e. The van der Waals surface area contributed by atoms with E-state index < -0.39 is 23.3 Å². The summed E-state index contributed by atoms with van der Waals surface area (Å²) >= 11 is 0. The van der Waals surface area contributed by atoms with Gasteiger partial charge in [-0.3, -0.25) is 0 Å². The van der Waals surface area contributed by atoms with Crippen molar-refractivity contribution in [2.75, 3.05) is 6.61 Å². The van der Waals surface area contributed by atoms with E-state index >= 15 is 0 Å². The van der Waals surface area contributed by atoms with Gasteiger partial charge >= 0.3 is 0 Å². The average molecular weight is 414 g/mol. The van der Waals surface area contributed by atoms with E-state index in [1.165, 1.54) is 12.1 Å². The maximum absolute atomic E-state index is 14.7. The molecule has 2 atom stereocenters. The van der Waals surface area contributed by atoms with Gasteiger partial charge in [0.1, 0.15) is 11.6 Å². The van der Waals surface area contributed by atoms with Crippen LogP contribution in [0.1, 0.15) is 37.9 Å². The van der Waals surface area contributed by atoms with E-state index in [1.54, 1.807) is 0 Å². The molecule has 3 aromatic rings. The molecule has 30 heavy (non-hydrogen) atoms. The Hall–Kier alpha value is -2.66. The number of hydrogen-bond acceptors (Lipinski definition) is 1. The monoisotopic (exact) mass is 414 g/mol. The lowest BCUT2D eigenvalue weighted by Gasteiger charge is -2.28. The second kappa shape index (κ2) is 8.60. The predicted octanol–water partition coefficient (Wildman–Crippen LogP) is 7.45. The summed E-state index contributed by atoms with van der Waals surface area (Å²) in [6.07, 6.45) is 3.25. The molecule has 1 nitrogen and oxygen atoms in total. The Morgan fingerprint density at radius 2 is 1.37 bits per heavy atom. The molecule has 3 aromatic carbocycles. The first-order valence-corrected chi connectivity index (χ1v) is 10.1. The lowest BCUT2D eigenvalue weighted by molar-refractivity contribution is -0.0180. The highest BCUT2D eigenvalue weighted by molar-refractivity contribution is 5.72. The number of ether oxygens (including phenoxy) is 1. The van der Waals surface area contributed by atoms with Crippen molar-refractivity contribution in [3.05, 3.63) is 83.4 Å². The van der Waals surface area contributed by atoms with Crippen molar-refractivity contribution in [3.8, 4) is 22.3 Å². The van der Waals surface area contributed by atoms with Crippen molar-refractivity contribution in [2.45, 2.75) is 32.3 Å². The summed E-state index contributed by atoms with van der Waals surface area (Å²) in [5, 5.41) is 0. The summed E-state index contributed by atoms with van der Waals surface area (Å²) in [7, 11) is 0. The van der Waals surface area contributed by atoms with Crippen molar-refractivity contribution < 1.29 is 22.3 Å². The Morgan fingerprint density at radius 3 is 1.93 bits per heavy atom. The Labute approximate surface area is 173 Å². The van der Waals surface area contributed by atoms with Crippen LogP contribution >= 0.6 is 0 Å². The van der Waals surface area contributed by atoms with Crippen molar-refractivity contribution in [1.82, 2.24) is 0 Å². The van der Waals surface area contributed by atoms with Gasteiger partial charge in [0.15, 0.2) is 11.6 Å². The van der Waals surface area contributed by atoms with Crippen LogP contribution in [0.3, 0.4) is 0 Å². The fraction of sp³-hybridized carbons (Fsp3) is 0.280. The van der Waals surface area contributed by atoms with Crippen molar-refractivity contribution in [2.24, 2.45) is 5.92 Å². The first-order valence-electron chi connectivity index (χ1n) is 10.1. The second-order valence-corrected chi connectivity index (χ2v) is 7.74. The number of rotatable bonds is 4. The zero-order chi connectivity index (χ0) is 21.3. The highest BCUT2D eigenvalue weighted by Gasteiger charge is 2.22. The van der Waals surface area contributed by atoms with E-state index in [-0.39, 0.29) is 17.2 Å². The van der Waals surface area contributed by atoms with Crippen LogP contribution in [0, 0.1) is 29.2 Å². The van der Waals surface area contributed by atoms with E-state index in [4.69, 9.17) is 4.74 Å². The molecule has 5 heteroatoms. The maximum atomic E-state index is 14.7. The van der Waals surface area contributed by atoms with Crippen LogP contribution in [0.15, 0.2) is 54.6 Å². The molecule has 1 saturated heterocycles. The molecule has 0 spiro atoms. The number of halogens is 4. The molecule has 156 valence electrons. The third-order valence-electron chi connectivity index (χ3n) is 5.81. The quantitative estimate of drug-likeness (QED) is 0.403. The zero-order valence-corrected chi connectivity index (χ0v) is 16.6. The Balaban J connectivity index is 1.58. The summed E-state index contributed by atoms with van der Waals surface area (Å²) < 4.78 is 61.9. The molecule has 2 unspecified atom stereocenters. The molecule has 1 heterocycles. The molecule has 0 amide bonds. The largest absolute Gasteiger partial charge is 0.373 e.